The van der Waals surface area contributed by atoms with Crippen molar-refractivity contribution in [3.8, 4) is 5.75 Å². The van der Waals surface area contributed by atoms with Crippen LogP contribution in [0.15, 0.2) is 68.6 Å². The minimum atomic E-state index is -0.522. The van der Waals surface area contributed by atoms with Crippen molar-refractivity contribution in [1.82, 2.24) is 5.43 Å². The maximum absolute atomic E-state index is 12.1. The molecule has 11 heteroatoms. The SMILES string of the molecule is O=C(Cc1ccccc1[N+](=O)[O-])N/N=C/c1cc(Br)c(OCc2ccc(Cl)c(Cl)c2)c(Br)c1. The van der Waals surface area contributed by atoms with Crippen molar-refractivity contribution in [2.24, 2.45) is 5.10 Å². The van der Waals surface area contributed by atoms with E-state index in [0.29, 0.717) is 35.9 Å². The van der Waals surface area contributed by atoms with Crippen LogP contribution in [-0.4, -0.2) is 17.0 Å². The van der Waals surface area contributed by atoms with Gasteiger partial charge >= 0.3 is 0 Å². The number of para-hydroxylation sites is 1. The van der Waals surface area contributed by atoms with Crippen LogP contribution in [0.25, 0.3) is 0 Å². The number of carbonyl (C=O) groups excluding carboxylic acids is 1. The Labute approximate surface area is 216 Å². The molecule has 33 heavy (non-hydrogen) atoms. The number of nitro groups is 1. The highest BCUT2D eigenvalue weighted by molar-refractivity contribution is 9.11. The Morgan fingerprint density at radius 3 is 2.45 bits per heavy atom. The number of nitrogens with one attached hydrogen (secondary N) is 1. The Kier molecular flexibility index (Phi) is 8.85. The van der Waals surface area contributed by atoms with Gasteiger partial charge in [-0.25, -0.2) is 5.43 Å². The molecular weight excluding hydrogens is 601 g/mol. The van der Waals surface area contributed by atoms with Crippen molar-refractivity contribution in [3.63, 3.8) is 0 Å². The molecule has 1 amide bonds. The van der Waals surface area contributed by atoms with E-state index in [1.165, 1.54) is 18.3 Å². The Balaban J connectivity index is 1.62. The second-order valence-electron chi connectivity index (χ2n) is 6.71. The van der Waals surface area contributed by atoms with Gasteiger partial charge in [-0.3, -0.25) is 14.9 Å². The fourth-order valence-corrected chi connectivity index (χ4v) is 4.58. The first-order chi connectivity index (χ1) is 15.7. The van der Waals surface area contributed by atoms with Gasteiger partial charge in [0.2, 0.25) is 5.91 Å². The normalized spacial score (nSPS) is 10.9. The number of hydrogen-bond acceptors (Lipinski definition) is 5. The van der Waals surface area contributed by atoms with E-state index < -0.39 is 10.8 Å². The van der Waals surface area contributed by atoms with E-state index in [9.17, 15) is 14.9 Å². The standard InChI is InChI=1S/C22H15Br2Cl2N3O4/c23-16-7-14(8-17(24)22(16)33-12-13-5-6-18(25)19(26)9-13)11-27-28-21(30)10-15-3-1-2-4-20(15)29(31)32/h1-9,11H,10,12H2,(H,28,30)/b27-11+. The van der Waals surface area contributed by atoms with Crippen LogP contribution in [0.4, 0.5) is 5.69 Å². The van der Waals surface area contributed by atoms with Crippen LogP contribution in [-0.2, 0) is 17.8 Å². The van der Waals surface area contributed by atoms with Crippen LogP contribution >= 0.6 is 55.1 Å². The lowest BCUT2D eigenvalue weighted by Gasteiger charge is -2.12. The smallest absolute Gasteiger partial charge is 0.273 e. The number of amides is 1. The van der Waals surface area contributed by atoms with Crippen LogP contribution < -0.4 is 10.2 Å². The summed E-state index contributed by atoms with van der Waals surface area (Å²) in [7, 11) is 0. The van der Waals surface area contributed by atoms with Crippen LogP contribution in [0.3, 0.4) is 0 Å². The molecule has 0 saturated heterocycles. The molecule has 0 heterocycles. The lowest BCUT2D eigenvalue weighted by atomic mass is 10.1. The topological polar surface area (TPSA) is 93.8 Å². The van der Waals surface area contributed by atoms with Gasteiger partial charge < -0.3 is 4.74 Å². The molecule has 0 atom stereocenters. The van der Waals surface area contributed by atoms with Gasteiger partial charge in [0.15, 0.2) is 0 Å². The molecule has 3 rings (SSSR count). The third-order valence-electron chi connectivity index (χ3n) is 4.33. The molecule has 0 saturated carbocycles. The van der Waals surface area contributed by atoms with Crippen molar-refractivity contribution < 1.29 is 14.5 Å². The highest BCUT2D eigenvalue weighted by Gasteiger charge is 2.15. The predicted molar refractivity (Wildman–Crippen MR) is 135 cm³/mol. The van der Waals surface area contributed by atoms with Crippen molar-refractivity contribution in [2.45, 2.75) is 13.0 Å². The summed E-state index contributed by atoms with van der Waals surface area (Å²) >= 11 is 18.9. The van der Waals surface area contributed by atoms with Crippen molar-refractivity contribution >= 4 is 72.9 Å². The van der Waals surface area contributed by atoms with E-state index in [-0.39, 0.29) is 18.7 Å². The van der Waals surface area contributed by atoms with E-state index in [1.807, 2.05) is 6.07 Å². The quantitative estimate of drug-likeness (QED) is 0.173. The van der Waals surface area contributed by atoms with Crippen molar-refractivity contribution in [1.29, 1.82) is 0 Å². The summed E-state index contributed by atoms with van der Waals surface area (Å²) in [6.07, 6.45) is 1.29. The molecular formula is C22H15Br2Cl2N3O4. The van der Waals surface area contributed by atoms with Gasteiger partial charge in [-0.15, -0.1) is 0 Å². The molecule has 0 spiro atoms. The average molecular weight is 616 g/mol. The molecule has 3 aromatic rings. The lowest BCUT2D eigenvalue weighted by molar-refractivity contribution is -0.385. The Morgan fingerprint density at radius 2 is 1.79 bits per heavy atom. The summed E-state index contributed by atoms with van der Waals surface area (Å²) in [6.45, 7) is 0.281. The summed E-state index contributed by atoms with van der Waals surface area (Å²) in [5.41, 5.74) is 4.12. The van der Waals surface area contributed by atoms with Gasteiger partial charge in [0, 0.05) is 11.6 Å². The second kappa shape index (κ2) is 11.6. The molecule has 170 valence electrons. The van der Waals surface area contributed by atoms with Gasteiger partial charge in [0.25, 0.3) is 5.69 Å². The molecule has 0 aliphatic heterocycles. The Bertz CT molecular complexity index is 1220. The molecule has 1 N–H and O–H groups in total. The van der Waals surface area contributed by atoms with E-state index in [2.05, 4.69) is 42.4 Å². The number of hydrogen-bond donors (Lipinski definition) is 1. The first-order valence-electron chi connectivity index (χ1n) is 9.34. The number of ether oxygens (including phenoxy) is 1. The van der Waals surface area contributed by atoms with Crippen LogP contribution in [0.5, 0.6) is 5.75 Å². The zero-order valence-corrected chi connectivity index (χ0v) is 21.4. The van der Waals surface area contributed by atoms with Crippen molar-refractivity contribution in [2.75, 3.05) is 0 Å². The molecule has 0 unspecified atom stereocenters. The van der Waals surface area contributed by atoms with E-state index in [0.717, 1.165) is 5.56 Å². The van der Waals surface area contributed by atoms with Crippen LogP contribution in [0.2, 0.25) is 10.0 Å². The summed E-state index contributed by atoms with van der Waals surface area (Å²) in [5.74, 6) is 0.110. The average Bonchev–Trinajstić information content (AvgIpc) is 2.76. The molecule has 7 nitrogen and oxygen atoms in total. The van der Waals surface area contributed by atoms with Gasteiger partial charge in [0.1, 0.15) is 12.4 Å². The first kappa shape index (κ1) is 25.2. The third kappa shape index (κ3) is 7.01. The molecule has 0 aliphatic carbocycles. The Morgan fingerprint density at radius 1 is 1.09 bits per heavy atom. The van der Waals surface area contributed by atoms with Crippen LogP contribution in [0, 0.1) is 10.1 Å². The number of halogens is 4. The number of nitro benzene ring substituents is 1. The monoisotopic (exact) mass is 613 g/mol. The van der Waals surface area contributed by atoms with E-state index in [4.69, 9.17) is 27.9 Å². The molecule has 0 aromatic heterocycles. The lowest BCUT2D eigenvalue weighted by Crippen LogP contribution is -2.20. The first-order valence-corrected chi connectivity index (χ1v) is 11.7. The number of benzene rings is 3. The summed E-state index contributed by atoms with van der Waals surface area (Å²) in [5, 5.41) is 15.9. The second-order valence-corrected chi connectivity index (χ2v) is 9.23. The molecule has 3 aromatic carbocycles. The van der Waals surface area contributed by atoms with Gasteiger partial charge in [0.05, 0.1) is 36.5 Å². The number of carbonyl (C=O) groups is 1. The fourth-order valence-electron chi connectivity index (χ4n) is 2.81. The molecule has 0 bridgehead atoms. The zero-order valence-electron chi connectivity index (χ0n) is 16.7. The third-order valence-corrected chi connectivity index (χ3v) is 6.25. The zero-order chi connectivity index (χ0) is 24.0. The highest BCUT2D eigenvalue weighted by Crippen LogP contribution is 2.35. The number of hydrazone groups is 1. The molecule has 0 radical (unpaired) electrons. The Hall–Kier alpha value is -2.46. The highest BCUT2D eigenvalue weighted by atomic mass is 79.9. The van der Waals surface area contributed by atoms with Crippen LogP contribution in [0.1, 0.15) is 16.7 Å². The summed E-state index contributed by atoms with van der Waals surface area (Å²) in [6, 6.07) is 14.9. The van der Waals surface area contributed by atoms with E-state index in [1.54, 1.807) is 36.4 Å². The maximum Gasteiger partial charge on any atom is 0.273 e. The fraction of sp³-hybridized carbons (Fsp3) is 0.0909. The summed E-state index contributed by atoms with van der Waals surface area (Å²) in [4.78, 5) is 22.7. The minimum absolute atomic E-state index is 0.110. The number of rotatable bonds is 8. The van der Waals surface area contributed by atoms with E-state index >= 15 is 0 Å². The minimum Gasteiger partial charge on any atom is -0.487 e. The molecule has 0 fully saturated rings. The maximum atomic E-state index is 12.1. The van der Waals surface area contributed by atoms with Crippen molar-refractivity contribution in [3.05, 3.63) is 100 Å². The largest absolute Gasteiger partial charge is 0.487 e. The number of nitrogens with zero attached hydrogens (tertiary/aromatic N) is 2. The van der Waals surface area contributed by atoms with Gasteiger partial charge in [-0.1, -0.05) is 47.5 Å². The predicted octanol–water partition coefficient (Wildman–Crippen LogP) is 6.70. The van der Waals surface area contributed by atoms with Gasteiger partial charge in [-0.05, 0) is 67.3 Å². The summed E-state index contributed by atoms with van der Waals surface area (Å²) < 4.78 is 7.22. The van der Waals surface area contributed by atoms with Gasteiger partial charge in [-0.2, -0.15) is 5.10 Å². The molecule has 0 aliphatic rings.